The van der Waals surface area contributed by atoms with Gasteiger partial charge in [-0.25, -0.2) is 0 Å². The third-order valence-electron chi connectivity index (χ3n) is 2.62. The van der Waals surface area contributed by atoms with Crippen molar-refractivity contribution < 1.29 is 9.90 Å². The molecule has 0 atom stereocenters. The van der Waals surface area contributed by atoms with Crippen LogP contribution in [-0.4, -0.2) is 32.9 Å². The largest absolute Gasteiger partial charge is 0.481 e. The van der Waals surface area contributed by atoms with Gasteiger partial charge in [0.05, 0.1) is 5.92 Å². The molecule has 1 aromatic rings. The normalized spacial score (nSPS) is 18.0. The van der Waals surface area contributed by atoms with E-state index in [1.165, 1.54) is 0 Å². The number of rotatable bonds is 2. The molecule has 2 heterocycles. The van der Waals surface area contributed by atoms with Crippen LogP contribution in [-0.2, 0) is 4.79 Å². The number of hydrogen-bond acceptors (Lipinski definition) is 5. The Morgan fingerprint density at radius 2 is 2.20 bits per heavy atom. The molecule has 0 aliphatic carbocycles. The number of aromatic nitrogens is 2. The summed E-state index contributed by atoms with van der Waals surface area (Å²) >= 11 is 1.02. The van der Waals surface area contributed by atoms with Crippen LogP contribution >= 0.6 is 11.7 Å². The van der Waals surface area contributed by atoms with Crippen LogP contribution in [0.1, 0.15) is 12.8 Å². The lowest BCUT2D eigenvalue weighted by molar-refractivity contribution is -0.142. The van der Waals surface area contributed by atoms with Crippen molar-refractivity contribution in [1.29, 1.82) is 0 Å². The quantitative estimate of drug-likeness (QED) is 0.753. The molecule has 1 fully saturated rings. The summed E-state index contributed by atoms with van der Waals surface area (Å²) in [5.74, 6) is -0.607. The van der Waals surface area contributed by atoms with E-state index in [1.807, 2.05) is 4.90 Å². The highest BCUT2D eigenvalue weighted by Crippen LogP contribution is 2.19. The fraction of sp³-hybridized carbons (Fsp3) is 0.625. The molecule has 1 aromatic heterocycles. The molecule has 82 valence electrons. The predicted molar refractivity (Wildman–Crippen MR) is 55.3 cm³/mol. The van der Waals surface area contributed by atoms with Crippen molar-refractivity contribution in [1.82, 2.24) is 8.75 Å². The summed E-state index contributed by atoms with van der Waals surface area (Å²) in [6.07, 6.45) is 1.15. The van der Waals surface area contributed by atoms with Crippen molar-refractivity contribution in [2.45, 2.75) is 12.8 Å². The van der Waals surface area contributed by atoms with Gasteiger partial charge in [0.15, 0.2) is 0 Å². The molecule has 0 bridgehead atoms. The third-order valence-corrected chi connectivity index (χ3v) is 3.16. The SMILES string of the molecule is O=C(O)C1CCN(c2ns[nH]c2=O)CC1. The summed E-state index contributed by atoms with van der Waals surface area (Å²) in [5.41, 5.74) is -0.186. The molecule has 0 amide bonds. The van der Waals surface area contributed by atoms with Gasteiger partial charge in [0.2, 0.25) is 5.82 Å². The molecular formula is C8H11N3O3S. The smallest absolute Gasteiger partial charge is 0.306 e. The molecule has 0 aromatic carbocycles. The minimum Gasteiger partial charge on any atom is -0.481 e. The average molecular weight is 229 g/mol. The molecule has 0 unspecified atom stereocenters. The Balaban J connectivity index is 2.03. The maximum atomic E-state index is 11.3. The molecule has 2 N–H and O–H groups in total. The fourth-order valence-corrected chi connectivity index (χ4v) is 2.24. The van der Waals surface area contributed by atoms with Gasteiger partial charge in [-0.2, -0.15) is 4.37 Å². The number of carbonyl (C=O) groups is 1. The molecule has 2 rings (SSSR count). The maximum absolute atomic E-state index is 11.3. The summed E-state index contributed by atoms with van der Waals surface area (Å²) in [6.45, 7) is 1.17. The lowest BCUT2D eigenvalue weighted by Crippen LogP contribution is -2.38. The number of aliphatic carboxylic acids is 1. The van der Waals surface area contributed by atoms with Crippen LogP contribution < -0.4 is 10.5 Å². The maximum Gasteiger partial charge on any atom is 0.306 e. The van der Waals surface area contributed by atoms with Crippen LogP contribution in [0.2, 0.25) is 0 Å². The van der Waals surface area contributed by atoms with Crippen molar-refractivity contribution in [2.75, 3.05) is 18.0 Å². The summed E-state index contributed by atoms with van der Waals surface area (Å²) < 4.78 is 6.48. The van der Waals surface area contributed by atoms with E-state index >= 15 is 0 Å². The first kappa shape index (κ1) is 10.2. The Hall–Kier alpha value is -1.37. The third kappa shape index (κ3) is 2.01. The van der Waals surface area contributed by atoms with Gasteiger partial charge in [-0.05, 0) is 12.8 Å². The van der Waals surface area contributed by atoms with Gasteiger partial charge >= 0.3 is 11.5 Å². The number of nitrogens with one attached hydrogen (secondary N) is 1. The van der Waals surface area contributed by atoms with Gasteiger partial charge in [-0.15, -0.1) is 0 Å². The topological polar surface area (TPSA) is 86.3 Å². The van der Waals surface area contributed by atoms with Crippen LogP contribution in [0, 0.1) is 5.92 Å². The Kier molecular flexibility index (Phi) is 2.72. The number of hydrogen-bond donors (Lipinski definition) is 2. The first-order valence-electron chi connectivity index (χ1n) is 4.70. The number of carboxylic acids is 1. The van der Waals surface area contributed by atoms with E-state index in [4.69, 9.17) is 5.11 Å². The van der Waals surface area contributed by atoms with Crippen molar-refractivity contribution in [3.05, 3.63) is 10.4 Å². The van der Waals surface area contributed by atoms with Crippen molar-refractivity contribution in [2.24, 2.45) is 5.92 Å². The van der Waals surface area contributed by atoms with Gasteiger partial charge in [-0.3, -0.25) is 14.0 Å². The molecule has 6 nitrogen and oxygen atoms in total. The van der Waals surface area contributed by atoms with Gasteiger partial charge in [0.1, 0.15) is 0 Å². The molecule has 1 aliphatic heterocycles. The number of aromatic amines is 1. The minimum absolute atomic E-state index is 0.186. The van der Waals surface area contributed by atoms with E-state index in [-0.39, 0.29) is 11.5 Å². The Morgan fingerprint density at radius 3 is 2.67 bits per heavy atom. The molecule has 7 heteroatoms. The molecule has 15 heavy (non-hydrogen) atoms. The first-order valence-corrected chi connectivity index (χ1v) is 5.48. The number of carboxylic acid groups (broad SMARTS) is 1. The van der Waals surface area contributed by atoms with E-state index < -0.39 is 5.97 Å². The van der Waals surface area contributed by atoms with Crippen LogP contribution in [0.3, 0.4) is 0 Å². The van der Waals surface area contributed by atoms with Crippen LogP contribution in [0.25, 0.3) is 0 Å². The van der Waals surface area contributed by atoms with Gasteiger partial charge in [-0.1, -0.05) is 0 Å². The fourth-order valence-electron chi connectivity index (χ4n) is 1.73. The first-order chi connectivity index (χ1) is 7.18. The standard InChI is InChI=1S/C8H11N3O3S/c12-7-6(9-15-10-7)11-3-1-5(2-4-11)8(13)14/h5H,1-4H2,(H,10,12)(H,13,14). The van der Waals surface area contributed by atoms with E-state index in [9.17, 15) is 9.59 Å². The zero-order valence-electron chi connectivity index (χ0n) is 7.97. The van der Waals surface area contributed by atoms with Crippen molar-refractivity contribution in [3.8, 4) is 0 Å². The van der Waals surface area contributed by atoms with Crippen molar-refractivity contribution >= 4 is 23.5 Å². The summed E-state index contributed by atoms with van der Waals surface area (Å²) in [4.78, 5) is 23.8. The number of anilines is 1. The zero-order chi connectivity index (χ0) is 10.8. The van der Waals surface area contributed by atoms with E-state index in [0.717, 1.165) is 11.7 Å². The Labute approximate surface area is 89.9 Å². The van der Waals surface area contributed by atoms with Crippen LogP contribution in [0.15, 0.2) is 4.79 Å². The Bertz CT molecular complexity index is 405. The lowest BCUT2D eigenvalue weighted by Gasteiger charge is -2.29. The second kappa shape index (κ2) is 4.01. The average Bonchev–Trinajstić information content (AvgIpc) is 2.65. The molecular weight excluding hydrogens is 218 g/mol. The van der Waals surface area contributed by atoms with Gasteiger partial charge in [0.25, 0.3) is 0 Å². The summed E-state index contributed by atoms with van der Waals surface area (Å²) in [6, 6.07) is 0. The second-order valence-electron chi connectivity index (χ2n) is 3.54. The molecule has 0 radical (unpaired) electrons. The highest BCUT2D eigenvalue weighted by Gasteiger charge is 2.26. The second-order valence-corrected chi connectivity index (χ2v) is 4.11. The molecule has 1 saturated heterocycles. The predicted octanol–water partition coefficient (Wildman–Crippen LogP) is 0.132. The molecule has 1 aliphatic rings. The van der Waals surface area contributed by atoms with Gasteiger partial charge < -0.3 is 10.0 Å². The summed E-state index contributed by atoms with van der Waals surface area (Å²) in [5, 5.41) is 8.81. The lowest BCUT2D eigenvalue weighted by atomic mass is 9.97. The summed E-state index contributed by atoms with van der Waals surface area (Å²) in [7, 11) is 0. The zero-order valence-corrected chi connectivity index (χ0v) is 8.79. The number of piperidine rings is 1. The minimum atomic E-state index is -0.748. The van der Waals surface area contributed by atoms with Crippen LogP contribution in [0.4, 0.5) is 5.82 Å². The van der Waals surface area contributed by atoms with Crippen LogP contribution in [0.5, 0.6) is 0 Å². The number of nitrogens with zero attached hydrogens (tertiary/aromatic N) is 2. The van der Waals surface area contributed by atoms with Crippen molar-refractivity contribution in [3.63, 3.8) is 0 Å². The van der Waals surface area contributed by atoms with E-state index in [2.05, 4.69) is 8.75 Å². The number of H-pyrrole nitrogens is 1. The monoisotopic (exact) mass is 229 g/mol. The highest BCUT2D eigenvalue weighted by atomic mass is 32.1. The molecule has 0 spiro atoms. The molecule has 0 saturated carbocycles. The van der Waals surface area contributed by atoms with Gasteiger partial charge in [0, 0.05) is 24.8 Å². The van der Waals surface area contributed by atoms with E-state index in [1.54, 1.807) is 0 Å². The van der Waals surface area contributed by atoms with E-state index in [0.29, 0.717) is 31.7 Å². The Morgan fingerprint density at radius 1 is 1.53 bits per heavy atom. The highest BCUT2D eigenvalue weighted by molar-refractivity contribution is 6.99.